The van der Waals surface area contributed by atoms with Gasteiger partial charge in [-0.1, -0.05) is 66.6 Å². The molecule has 0 radical (unpaired) electrons. The molecule has 152 valence electrons. The third kappa shape index (κ3) is 9.96. The van der Waals surface area contributed by atoms with Crippen LogP contribution in [0, 0.1) is 5.92 Å². The van der Waals surface area contributed by atoms with Crippen LogP contribution in [0.2, 0.25) is 24.2 Å². The molecule has 1 atom stereocenters. The van der Waals surface area contributed by atoms with E-state index in [1.54, 1.807) is 0 Å². The maximum absolute atomic E-state index is 6.26. The van der Waals surface area contributed by atoms with Gasteiger partial charge >= 0.3 is 8.80 Å². The SMILES string of the molecule is CCCO[Si](CC(C)CS[Si](CC)(CC)CC)(OCCC)OCCC. The lowest BCUT2D eigenvalue weighted by Gasteiger charge is -2.33. The van der Waals surface area contributed by atoms with Crippen LogP contribution < -0.4 is 0 Å². The Hall–Kier alpha value is 0.664. The summed E-state index contributed by atoms with van der Waals surface area (Å²) < 4.78 is 18.8. The van der Waals surface area contributed by atoms with E-state index in [9.17, 15) is 0 Å². The second-order valence-corrected chi connectivity index (χ2v) is 18.3. The van der Waals surface area contributed by atoms with Crippen LogP contribution in [0.1, 0.15) is 67.7 Å². The van der Waals surface area contributed by atoms with Crippen LogP contribution in [0.4, 0.5) is 0 Å². The van der Waals surface area contributed by atoms with Gasteiger partial charge in [0.15, 0.2) is 0 Å². The van der Waals surface area contributed by atoms with Crippen molar-refractivity contribution in [3.8, 4) is 0 Å². The van der Waals surface area contributed by atoms with E-state index in [1.807, 2.05) is 0 Å². The van der Waals surface area contributed by atoms with E-state index in [-0.39, 0.29) is 0 Å². The largest absolute Gasteiger partial charge is 0.501 e. The molecule has 3 nitrogen and oxygen atoms in total. The van der Waals surface area contributed by atoms with E-state index >= 15 is 0 Å². The van der Waals surface area contributed by atoms with Gasteiger partial charge in [0, 0.05) is 25.9 Å². The smallest absolute Gasteiger partial charge is 0.373 e. The van der Waals surface area contributed by atoms with E-state index < -0.39 is 16.0 Å². The zero-order chi connectivity index (χ0) is 19.2. The Bertz CT molecular complexity index is 285. The average molecular weight is 409 g/mol. The minimum absolute atomic E-state index is 0.582. The van der Waals surface area contributed by atoms with Gasteiger partial charge in [-0.15, -0.1) is 0 Å². The van der Waals surface area contributed by atoms with Crippen molar-refractivity contribution in [1.29, 1.82) is 0 Å². The van der Waals surface area contributed by atoms with E-state index in [1.165, 1.54) is 23.9 Å². The third-order valence-corrected chi connectivity index (χ3v) is 18.1. The molecule has 0 saturated carbocycles. The van der Waals surface area contributed by atoms with Crippen molar-refractivity contribution >= 4 is 27.2 Å². The summed E-state index contributed by atoms with van der Waals surface area (Å²) in [4.78, 5) is 0. The monoisotopic (exact) mass is 408 g/mol. The third-order valence-electron chi connectivity index (χ3n) is 4.78. The molecule has 0 aromatic rings. The molecule has 0 rings (SSSR count). The molecule has 0 aromatic heterocycles. The first-order valence-corrected chi connectivity index (χ1v) is 16.8. The Morgan fingerprint density at radius 1 is 0.720 bits per heavy atom. The summed E-state index contributed by atoms with van der Waals surface area (Å²) in [6, 6.07) is 5.10. The van der Waals surface area contributed by atoms with Crippen molar-refractivity contribution in [2.75, 3.05) is 25.6 Å². The molecular weight excluding hydrogens is 364 g/mol. The Balaban J connectivity index is 4.92. The molecular formula is C19H44O3SSi2. The molecule has 0 spiro atoms. The van der Waals surface area contributed by atoms with Crippen LogP contribution in [-0.4, -0.2) is 41.6 Å². The molecule has 0 heterocycles. The molecule has 0 amide bonds. The second-order valence-electron chi connectivity index (χ2n) is 7.09. The molecule has 1 unspecified atom stereocenters. The highest BCUT2D eigenvalue weighted by molar-refractivity contribution is 8.28. The minimum atomic E-state index is -2.55. The zero-order valence-corrected chi connectivity index (χ0v) is 20.8. The van der Waals surface area contributed by atoms with Crippen molar-refractivity contribution < 1.29 is 13.3 Å². The molecule has 0 fully saturated rings. The average Bonchev–Trinajstić information content (AvgIpc) is 2.64. The predicted octanol–water partition coefficient (Wildman–Crippen LogP) is 6.58. The minimum Gasteiger partial charge on any atom is -0.373 e. The predicted molar refractivity (Wildman–Crippen MR) is 118 cm³/mol. The highest BCUT2D eigenvalue weighted by Gasteiger charge is 2.42. The highest BCUT2D eigenvalue weighted by Crippen LogP contribution is 2.35. The van der Waals surface area contributed by atoms with Gasteiger partial charge in [-0.3, -0.25) is 0 Å². The Morgan fingerprint density at radius 3 is 1.44 bits per heavy atom. The molecule has 0 aliphatic heterocycles. The molecule has 0 aliphatic carbocycles. The van der Waals surface area contributed by atoms with Crippen LogP contribution in [0.3, 0.4) is 0 Å². The molecule has 0 aliphatic rings. The maximum atomic E-state index is 6.26. The fraction of sp³-hybridized carbons (Fsp3) is 1.00. The fourth-order valence-corrected chi connectivity index (χ4v) is 12.9. The van der Waals surface area contributed by atoms with Crippen molar-refractivity contribution in [3.63, 3.8) is 0 Å². The van der Waals surface area contributed by atoms with Gasteiger partial charge in [-0.05, 0) is 30.9 Å². The Kier molecular flexibility index (Phi) is 15.1. The van der Waals surface area contributed by atoms with Crippen molar-refractivity contribution in [1.82, 2.24) is 0 Å². The zero-order valence-electron chi connectivity index (χ0n) is 18.0. The first-order chi connectivity index (χ1) is 12.0. The van der Waals surface area contributed by atoms with E-state index in [4.69, 9.17) is 13.3 Å². The van der Waals surface area contributed by atoms with Crippen LogP contribution in [0.5, 0.6) is 0 Å². The van der Waals surface area contributed by atoms with Crippen LogP contribution in [0.15, 0.2) is 0 Å². The summed E-state index contributed by atoms with van der Waals surface area (Å²) in [6.07, 6.45) is 3.04. The molecule has 6 heteroatoms. The van der Waals surface area contributed by atoms with Gasteiger partial charge in [0.1, 0.15) is 7.22 Å². The number of hydrogen-bond acceptors (Lipinski definition) is 4. The van der Waals surface area contributed by atoms with Crippen LogP contribution >= 0.6 is 11.2 Å². The van der Waals surface area contributed by atoms with E-state index in [2.05, 4.69) is 59.7 Å². The van der Waals surface area contributed by atoms with Crippen LogP contribution in [-0.2, 0) is 13.3 Å². The van der Waals surface area contributed by atoms with Crippen molar-refractivity contribution in [3.05, 3.63) is 0 Å². The summed E-state index contributed by atoms with van der Waals surface area (Å²) in [5.74, 6) is 1.80. The summed E-state index contributed by atoms with van der Waals surface area (Å²) in [6.45, 7) is 18.2. The number of hydrogen-bond donors (Lipinski definition) is 0. The second kappa shape index (κ2) is 14.7. The first kappa shape index (κ1) is 25.7. The number of rotatable bonds is 17. The lowest BCUT2D eigenvalue weighted by Crippen LogP contribution is -2.48. The summed E-state index contributed by atoms with van der Waals surface area (Å²) in [7, 11) is -3.67. The molecule has 0 bridgehead atoms. The summed E-state index contributed by atoms with van der Waals surface area (Å²) in [5, 5.41) is 0. The first-order valence-electron chi connectivity index (χ1n) is 10.5. The molecule has 25 heavy (non-hydrogen) atoms. The normalized spacial score (nSPS) is 14.0. The lowest BCUT2D eigenvalue weighted by atomic mass is 10.3. The quantitative estimate of drug-likeness (QED) is 0.254. The van der Waals surface area contributed by atoms with Gasteiger partial charge in [0.2, 0.25) is 0 Å². The molecule has 0 saturated heterocycles. The topological polar surface area (TPSA) is 27.7 Å². The Morgan fingerprint density at radius 2 is 1.12 bits per heavy atom. The summed E-state index contributed by atoms with van der Waals surface area (Å²) in [5.41, 5.74) is 0. The van der Waals surface area contributed by atoms with Crippen LogP contribution in [0.25, 0.3) is 0 Å². The fourth-order valence-electron chi connectivity index (χ4n) is 2.94. The van der Waals surface area contributed by atoms with E-state index in [0.717, 1.165) is 45.1 Å². The maximum Gasteiger partial charge on any atom is 0.501 e. The summed E-state index contributed by atoms with van der Waals surface area (Å²) >= 11 is 2.28. The van der Waals surface area contributed by atoms with Crippen molar-refractivity contribution in [2.24, 2.45) is 5.92 Å². The van der Waals surface area contributed by atoms with Gasteiger partial charge in [-0.25, -0.2) is 0 Å². The van der Waals surface area contributed by atoms with Gasteiger partial charge in [-0.2, -0.15) is 11.2 Å². The Labute approximate surface area is 164 Å². The standard InChI is InChI=1S/C19H44O3SSi2/c1-8-14-20-25(21-15-9-2,22-16-10-3)18-19(7)17-23-24(11-4,12-5)13-6/h19H,8-18H2,1-7H3. The van der Waals surface area contributed by atoms with Crippen molar-refractivity contribution in [2.45, 2.75) is 91.9 Å². The molecule has 0 aromatic carbocycles. The van der Waals surface area contributed by atoms with Gasteiger partial charge < -0.3 is 13.3 Å². The van der Waals surface area contributed by atoms with E-state index in [0.29, 0.717) is 5.92 Å². The molecule has 0 N–H and O–H groups in total. The lowest BCUT2D eigenvalue weighted by molar-refractivity contribution is 0.0565. The highest BCUT2D eigenvalue weighted by atomic mass is 32.4. The van der Waals surface area contributed by atoms with Gasteiger partial charge in [0.05, 0.1) is 0 Å². The van der Waals surface area contributed by atoms with Gasteiger partial charge in [0.25, 0.3) is 0 Å².